The maximum atomic E-state index is 12.7. The van der Waals surface area contributed by atoms with Gasteiger partial charge in [-0.1, -0.05) is 12.8 Å². The van der Waals surface area contributed by atoms with Crippen molar-refractivity contribution in [2.75, 3.05) is 13.1 Å². The van der Waals surface area contributed by atoms with Crippen molar-refractivity contribution in [1.82, 2.24) is 19.7 Å². The van der Waals surface area contributed by atoms with Gasteiger partial charge in [-0.3, -0.25) is 9.69 Å². The minimum atomic E-state index is -4.48. The second kappa shape index (κ2) is 5.40. The third-order valence-corrected chi connectivity index (χ3v) is 4.28. The molecule has 8 heteroatoms. The fraction of sp³-hybridized carbons (Fsp3) is 0.769. The summed E-state index contributed by atoms with van der Waals surface area (Å²) < 4.78 is 39.3. The average molecular weight is 302 g/mol. The zero-order valence-corrected chi connectivity index (χ0v) is 11.6. The van der Waals surface area contributed by atoms with E-state index in [1.807, 2.05) is 4.90 Å². The molecule has 0 atom stereocenters. The van der Waals surface area contributed by atoms with Crippen LogP contribution in [0.3, 0.4) is 0 Å². The molecule has 2 heterocycles. The van der Waals surface area contributed by atoms with Crippen molar-refractivity contribution in [2.45, 2.75) is 44.9 Å². The normalized spacial score (nSPS) is 20.7. The molecule has 0 spiro atoms. The molecule has 0 unspecified atom stereocenters. The number of nitrogens with zero attached hydrogens (tertiary/aromatic N) is 4. The van der Waals surface area contributed by atoms with E-state index in [0.717, 1.165) is 30.3 Å². The van der Waals surface area contributed by atoms with Gasteiger partial charge in [0.25, 0.3) is 0 Å². The minimum absolute atomic E-state index is 0.135. The van der Waals surface area contributed by atoms with Gasteiger partial charge >= 0.3 is 6.18 Å². The molecule has 0 amide bonds. The van der Waals surface area contributed by atoms with Crippen LogP contribution in [-0.2, 0) is 24.1 Å². The fourth-order valence-electron chi connectivity index (χ4n) is 3.15. The first-order valence-electron chi connectivity index (χ1n) is 7.19. The second-order valence-corrected chi connectivity index (χ2v) is 5.75. The maximum absolute atomic E-state index is 12.7. The Kier molecular flexibility index (Phi) is 3.73. The highest BCUT2D eigenvalue weighted by atomic mass is 19.4. The lowest BCUT2D eigenvalue weighted by molar-refractivity contribution is -0.148. The van der Waals surface area contributed by atoms with E-state index >= 15 is 0 Å². The Labute approximate surface area is 120 Å². The third-order valence-electron chi connectivity index (χ3n) is 4.28. The van der Waals surface area contributed by atoms with Crippen LogP contribution < -0.4 is 0 Å². The number of fused-ring (bicyclic) bond motifs is 1. The lowest BCUT2D eigenvalue weighted by Crippen LogP contribution is -2.39. The highest BCUT2D eigenvalue weighted by molar-refractivity contribution is 5.83. The molecule has 1 saturated carbocycles. The molecule has 0 radical (unpaired) electrons. The predicted molar refractivity (Wildman–Crippen MR) is 67.3 cm³/mol. The minimum Gasteiger partial charge on any atom is -0.305 e. The van der Waals surface area contributed by atoms with Crippen molar-refractivity contribution >= 4 is 5.78 Å². The molecule has 1 aliphatic carbocycles. The van der Waals surface area contributed by atoms with Crippen molar-refractivity contribution in [3.05, 3.63) is 11.6 Å². The van der Waals surface area contributed by atoms with E-state index in [-0.39, 0.29) is 30.6 Å². The summed E-state index contributed by atoms with van der Waals surface area (Å²) in [6.45, 7) is 1.15. The lowest BCUT2D eigenvalue weighted by atomic mass is 10.0. The number of alkyl halides is 3. The number of carbonyl (C=O) groups excluding carboxylic acids is 1. The van der Waals surface area contributed by atoms with Gasteiger partial charge in [-0.05, 0) is 12.8 Å². The first-order chi connectivity index (χ1) is 9.95. The van der Waals surface area contributed by atoms with Crippen LogP contribution in [0.15, 0.2) is 0 Å². The van der Waals surface area contributed by atoms with Crippen LogP contribution in [-0.4, -0.2) is 38.5 Å². The molecule has 0 bridgehead atoms. The van der Waals surface area contributed by atoms with Gasteiger partial charge in [-0.25, -0.2) is 0 Å². The summed E-state index contributed by atoms with van der Waals surface area (Å²) in [6.07, 6.45) is -0.394. The van der Waals surface area contributed by atoms with E-state index in [9.17, 15) is 18.0 Å². The van der Waals surface area contributed by atoms with Gasteiger partial charge in [-0.2, -0.15) is 13.2 Å². The predicted octanol–water partition coefficient (Wildman–Crippen LogP) is 1.87. The molecule has 21 heavy (non-hydrogen) atoms. The van der Waals surface area contributed by atoms with Crippen molar-refractivity contribution in [3.63, 3.8) is 0 Å². The summed E-state index contributed by atoms with van der Waals surface area (Å²) in [5, 5.41) is 6.85. The Morgan fingerprint density at radius 1 is 1.19 bits per heavy atom. The second-order valence-electron chi connectivity index (χ2n) is 5.75. The van der Waals surface area contributed by atoms with Gasteiger partial charge in [0, 0.05) is 19.0 Å². The van der Waals surface area contributed by atoms with Crippen LogP contribution >= 0.6 is 0 Å². The van der Waals surface area contributed by atoms with Crippen molar-refractivity contribution in [2.24, 2.45) is 5.92 Å². The van der Waals surface area contributed by atoms with Gasteiger partial charge in [0.2, 0.25) is 5.82 Å². The Bertz CT molecular complexity index is 534. The van der Waals surface area contributed by atoms with Crippen LogP contribution in [0.1, 0.15) is 37.3 Å². The Morgan fingerprint density at radius 3 is 2.57 bits per heavy atom. The van der Waals surface area contributed by atoms with Crippen LogP contribution in [0.25, 0.3) is 0 Å². The molecule has 1 aromatic heterocycles. The topological polar surface area (TPSA) is 51.0 Å². The lowest BCUT2D eigenvalue weighted by Gasteiger charge is -2.28. The van der Waals surface area contributed by atoms with Gasteiger partial charge in [0.15, 0.2) is 0 Å². The summed E-state index contributed by atoms with van der Waals surface area (Å²) >= 11 is 0. The Hall–Kier alpha value is -1.44. The molecular formula is C13H17F3N4O. The number of ketones is 1. The molecule has 5 nitrogen and oxygen atoms in total. The molecular weight excluding hydrogens is 285 g/mol. The molecule has 1 aromatic rings. The molecule has 1 aliphatic heterocycles. The van der Waals surface area contributed by atoms with Crippen LogP contribution in [0.4, 0.5) is 13.2 Å². The monoisotopic (exact) mass is 302 g/mol. The van der Waals surface area contributed by atoms with Crippen molar-refractivity contribution in [1.29, 1.82) is 0 Å². The van der Waals surface area contributed by atoms with Crippen molar-refractivity contribution in [3.8, 4) is 0 Å². The SMILES string of the molecule is O=C(CN1CCn2c(nnc2C(F)(F)F)C1)C1CCCC1. The largest absolute Gasteiger partial charge is 0.451 e. The van der Waals surface area contributed by atoms with Gasteiger partial charge in [0.05, 0.1) is 13.1 Å². The summed E-state index contributed by atoms with van der Waals surface area (Å²) in [5.41, 5.74) is 0. The quantitative estimate of drug-likeness (QED) is 0.855. The maximum Gasteiger partial charge on any atom is 0.451 e. The fourth-order valence-corrected chi connectivity index (χ4v) is 3.15. The standard InChI is InChI=1S/C13H17F3N4O/c14-13(15,16)12-18-17-11-8-19(5-6-20(11)12)7-10(21)9-3-1-2-4-9/h9H,1-8H2. The summed E-state index contributed by atoms with van der Waals surface area (Å²) in [6, 6.07) is 0. The summed E-state index contributed by atoms with van der Waals surface area (Å²) in [7, 11) is 0. The number of Topliss-reactive ketones (excluding diaryl/α,β-unsaturated/α-hetero) is 1. The van der Waals surface area contributed by atoms with E-state index in [1.165, 1.54) is 0 Å². The molecule has 0 aromatic carbocycles. The summed E-state index contributed by atoms with van der Waals surface area (Å²) in [5.74, 6) is -0.320. The molecule has 2 aliphatic rings. The zero-order chi connectivity index (χ0) is 15.0. The van der Waals surface area contributed by atoms with Crippen LogP contribution in [0.5, 0.6) is 0 Å². The first-order valence-corrected chi connectivity index (χ1v) is 7.19. The molecule has 0 saturated heterocycles. The van der Waals surface area contributed by atoms with E-state index in [4.69, 9.17) is 0 Å². The smallest absolute Gasteiger partial charge is 0.305 e. The van der Waals surface area contributed by atoms with Gasteiger partial charge in [-0.15, -0.1) is 10.2 Å². The highest BCUT2D eigenvalue weighted by Crippen LogP contribution is 2.30. The Morgan fingerprint density at radius 2 is 1.90 bits per heavy atom. The van der Waals surface area contributed by atoms with Gasteiger partial charge in [0.1, 0.15) is 11.6 Å². The average Bonchev–Trinajstić information content (AvgIpc) is 3.06. The van der Waals surface area contributed by atoms with Crippen LogP contribution in [0, 0.1) is 5.92 Å². The highest BCUT2D eigenvalue weighted by Gasteiger charge is 2.39. The van der Waals surface area contributed by atoms with E-state index in [2.05, 4.69) is 10.2 Å². The number of halogens is 3. The first kappa shape index (κ1) is 14.5. The number of hydrogen-bond acceptors (Lipinski definition) is 4. The third kappa shape index (κ3) is 2.95. The van der Waals surface area contributed by atoms with Crippen LogP contribution in [0.2, 0.25) is 0 Å². The number of hydrogen-bond donors (Lipinski definition) is 0. The number of rotatable bonds is 3. The van der Waals surface area contributed by atoms with E-state index in [0.29, 0.717) is 13.1 Å². The van der Waals surface area contributed by atoms with Gasteiger partial charge < -0.3 is 4.57 Å². The summed E-state index contributed by atoms with van der Waals surface area (Å²) in [4.78, 5) is 14.0. The van der Waals surface area contributed by atoms with Crippen molar-refractivity contribution < 1.29 is 18.0 Å². The molecule has 1 fully saturated rings. The van der Waals surface area contributed by atoms with E-state index in [1.54, 1.807) is 0 Å². The Balaban J connectivity index is 1.65. The molecule has 3 rings (SSSR count). The molecule has 0 N–H and O–H groups in total. The number of aromatic nitrogens is 3. The van der Waals surface area contributed by atoms with E-state index < -0.39 is 12.0 Å². The number of carbonyl (C=O) groups is 1. The zero-order valence-electron chi connectivity index (χ0n) is 11.6. The molecule has 116 valence electrons.